The largest absolute Gasteiger partial charge is 0.478 e. The van der Waals surface area contributed by atoms with E-state index < -0.39 is 5.97 Å². The molecule has 0 aliphatic carbocycles. The van der Waals surface area contributed by atoms with Crippen LogP contribution in [0.15, 0.2) is 12.2 Å². The summed E-state index contributed by atoms with van der Waals surface area (Å²) in [6, 6.07) is 0. The molecule has 0 amide bonds. The lowest BCUT2D eigenvalue weighted by Crippen LogP contribution is -2.52. The Morgan fingerprint density at radius 3 is 2.93 bits per heavy atom. The van der Waals surface area contributed by atoms with Crippen LogP contribution in [0.2, 0.25) is 0 Å². The Labute approximate surface area is 84.2 Å². The Bertz CT molecular complexity index is 236. The molecule has 1 aliphatic rings. The molecule has 0 aromatic rings. The Hall–Kier alpha value is -0.870. The molecule has 4 nitrogen and oxygen atoms in total. The SMILES string of the molecule is CC1(C)COCCN1CC=CC(=O)O. The minimum Gasteiger partial charge on any atom is -0.478 e. The molecule has 0 aromatic heterocycles. The molecule has 4 heteroatoms. The van der Waals surface area contributed by atoms with Crippen molar-refractivity contribution in [3.05, 3.63) is 12.2 Å². The molecule has 1 aliphatic heterocycles. The smallest absolute Gasteiger partial charge is 0.328 e. The second-order valence-electron chi connectivity index (χ2n) is 4.05. The molecule has 0 atom stereocenters. The molecule has 1 saturated heterocycles. The fourth-order valence-corrected chi connectivity index (χ4v) is 1.51. The monoisotopic (exact) mass is 199 g/mol. The number of carboxylic acid groups (broad SMARTS) is 1. The van der Waals surface area contributed by atoms with Gasteiger partial charge in [0.25, 0.3) is 0 Å². The van der Waals surface area contributed by atoms with Crippen LogP contribution in [-0.4, -0.2) is 47.8 Å². The number of aliphatic carboxylic acids is 1. The zero-order valence-electron chi connectivity index (χ0n) is 8.69. The van der Waals surface area contributed by atoms with Crippen LogP contribution in [0.1, 0.15) is 13.8 Å². The molecular formula is C10H17NO3. The molecule has 0 bridgehead atoms. The molecule has 0 spiro atoms. The maximum absolute atomic E-state index is 10.3. The van der Waals surface area contributed by atoms with Gasteiger partial charge in [0.15, 0.2) is 0 Å². The van der Waals surface area contributed by atoms with Crippen molar-refractivity contribution in [3.63, 3.8) is 0 Å². The van der Waals surface area contributed by atoms with E-state index in [-0.39, 0.29) is 5.54 Å². The highest BCUT2D eigenvalue weighted by Gasteiger charge is 2.29. The Morgan fingerprint density at radius 2 is 2.36 bits per heavy atom. The standard InChI is InChI=1S/C10H17NO3/c1-10(2)8-14-7-6-11(10)5-3-4-9(12)13/h3-4H,5-8H2,1-2H3,(H,12,13). The van der Waals surface area contributed by atoms with Gasteiger partial charge in [-0.25, -0.2) is 4.79 Å². The quantitative estimate of drug-likeness (QED) is 0.681. The normalized spacial score (nSPS) is 22.7. The van der Waals surface area contributed by atoms with Crippen LogP contribution in [-0.2, 0) is 9.53 Å². The average Bonchev–Trinajstić information content (AvgIpc) is 2.07. The van der Waals surface area contributed by atoms with Crippen molar-refractivity contribution in [2.75, 3.05) is 26.3 Å². The van der Waals surface area contributed by atoms with E-state index in [0.717, 1.165) is 13.2 Å². The number of morpholine rings is 1. The van der Waals surface area contributed by atoms with Crippen molar-refractivity contribution in [3.8, 4) is 0 Å². The highest BCUT2D eigenvalue weighted by molar-refractivity contribution is 5.79. The lowest BCUT2D eigenvalue weighted by Gasteiger charge is -2.41. The number of nitrogens with zero attached hydrogens (tertiary/aromatic N) is 1. The van der Waals surface area contributed by atoms with Gasteiger partial charge >= 0.3 is 5.97 Å². The molecule has 0 saturated carbocycles. The summed E-state index contributed by atoms with van der Waals surface area (Å²) < 4.78 is 5.36. The Kier molecular flexibility index (Phi) is 3.66. The van der Waals surface area contributed by atoms with Gasteiger partial charge in [-0.1, -0.05) is 6.08 Å². The van der Waals surface area contributed by atoms with Gasteiger partial charge in [0, 0.05) is 24.7 Å². The summed E-state index contributed by atoms with van der Waals surface area (Å²) in [5.74, 6) is -0.893. The number of ether oxygens (including phenoxy) is 1. The van der Waals surface area contributed by atoms with Crippen LogP contribution in [0.3, 0.4) is 0 Å². The summed E-state index contributed by atoms with van der Waals surface area (Å²) in [7, 11) is 0. The molecular weight excluding hydrogens is 182 g/mol. The lowest BCUT2D eigenvalue weighted by molar-refractivity contribution is -0.131. The third kappa shape index (κ3) is 3.12. The van der Waals surface area contributed by atoms with Gasteiger partial charge in [-0.2, -0.15) is 0 Å². The van der Waals surface area contributed by atoms with E-state index in [1.165, 1.54) is 6.08 Å². The van der Waals surface area contributed by atoms with Crippen molar-refractivity contribution in [1.82, 2.24) is 4.90 Å². The van der Waals surface area contributed by atoms with Crippen molar-refractivity contribution >= 4 is 5.97 Å². The Balaban J connectivity index is 2.46. The van der Waals surface area contributed by atoms with E-state index in [4.69, 9.17) is 9.84 Å². The molecule has 1 heterocycles. The highest BCUT2D eigenvalue weighted by Crippen LogP contribution is 2.18. The second-order valence-corrected chi connectivity index (χ2v) is 4.05. The third-order valence-corrected chi connectivity index (χ3v) is 2.40. The van der Waals surface area contributed by atoms with Crippen molar-refractivity contribution < 1.29 is 14.6 Å². The van der Waals surface area contributed by atoms with Gasteiger partial charge in [-0.15, -0.1) is 0 Å². The summed E-state index contributed by atoms with van der Waals surface area (Å²) in [6.45, 7) is 7.15. The second kappa shape index (κ2) is 4.57. The first-order chi connectivity index (χ1) is 6.52. The molecule has 0 unspecified atom stereocenters. The average molecular weight is 199 g/mol. The molecule has 1 rings (SSSR count). The van der Waals surface area contributed by atoms with E-state index in [2.05, 4.69) is 18.7 Å². The van der Waals surface area contributed by atoms with Crippen molar-refractivity contribution in [1.29, 1.82) is 0 Å². The first kappa shape index (κ1) is 11.2. The van der Waals surface area contributed by atoms with Gasteiger partial charge in [0.2, 0.25) is 0 Å². The first-order valence-electron chi connectivity index (χ1n) is 4.74. The molecule has 0 aromatic carbocycles. The van der Waals surface area contributed by atoms with Crippen LogP contribution < -0.4 is 0 Å². The van der Waals surface area contributed by atoms with E-state index in [1.54, 1.807) is 6.08 Å². The van der Waals surface area contributed by atoms with Crippen LogP contribution in [0.4, 0.5) is 0 Å². The minimum atomic E-state index is -0.893. The lowest BCUT2D eigenvalue weighted by atomic mass is 10.0. The van der Waals surface area contributed by atoms with Gasteiger partial charge in [0.05, 0.1) is 13.2 Å². The summed E-state index contributed by atoms with van der Waals surface area (Å²) >= 11 is 0. The molecule has 1 fully saturated rings. The van der Waals surface area contributed by atoms with E-state index in [0.29, 0.717) is 13.2 Å². The maximum Gasteiger partial charge on any atom is 0.328 e. The topological polar surface area (TPSA) is 49.8 Å². The fourth-order valence-electron chi connectivity index (χ4n) is 1.51. The summed E-state index contributed by atoms with van der Waals surface area (Å²) in [4.78, 5) is 12.5. The highest BCUT2D eigenvalue weighted by atomic mass is 16.5. The van der Waals surface area contributed by atoms with Crippen LogP contribution in [0, 0.1) is 0 Å². The van der Waals surface area contributed by atoms with E-state index in [9.17, 15) is 4.79 Å². The first-order valence-corrected chi connectivity index (χ1v) is 4.74. The third-order valence-electron chi connectivity index (χ3n) is 2.40. The minimum absolute atomic E-state index is 0.00108. The Morgan fingerprint density at radius 1 is 1.64 bits per heavy atom. The predicted molar refractivity (Wildman–Crippen MR) is 53.2 cm³/mol. The molecule has 1 N–H and O–H groups in total. The van der Waals surface area contributed by atoms with E-state index >= 15 is 0 Å². The summed E-state index contributed by atoms with van der Waals surface area (Å²) in [5.41, 5.74) is 0.00108. The van der Waals surface area contributed by atoms with Crippen LogP contribution >= 0.6 is 0 Å². The van der Waals surface area contributed by atoms with Crippen LogP contribution in [0.5, 0.6) is 0 Å². The van der Waals surface area contributed by atoms with Crippen molar-refractivity contribution in [2.24, 2.45) is 0 Å². The zero-order chi connectivity index (χ0) is 10.6. The number of carboxylic acids is 1. The van der Waals surface area contributed by atoms with Crippen molar-refractivity contribution in [2.45, 2.75) is 19.4 Å². The van der Waals surface area contributed by atoms with Gasteiger partial charge in [0.1, 0.15) is 0 Å². The summed E-state index contributed by atoms with van der Waals surface area (Å²) in [5, 5.41) is 8.44. The van der Waals surface area contributed by atoms with Gasteiger partial charge in [-0.3, -0.25) is 4.90 Å². The zero-order valence-corrected chi connectivity index (χ0v) is 8.69. The molecule has 80 valence electrons. The number of carbonyl (C=O) groups is 1. The number of hydrogen-bond acceptors (Lipinski definition) is 3. The molecule has 14 heavy (non-hydrogen) atoms. The van der Waals surface area contributed by atoms with E-state index in [1.807, 2.05) is 0 Å². The van der Waals surface area contributed by atoms with Gasteiger partial charge in [-0.05, 0) is 13.8 Å². The number of rotatable bonds is 3. The molecule has 0 radical (unpaired) electrons. The maximum atomic E-state index is 10.3. The summed E-state index contributed by atoms with van der Waals surface area (Å²) in [6.07, 6.45) is 2.86. The van der Waals surface area contributed by atoms with Gasteiger partial charge < -0.3 is 9.84 Å². The predicted octanol–water partition coefficient (Wildman–Crippen LogP) is 0.738. The number of hydrogen-bond donors (Lipinski definition) is 1. The fraction of sp³-hybridized carbons (Fsp3) is 0.700. The van der Waals surface area contributed by atoms with Crippen LogP contribution in [0.25, 0.3) is 0 Å².